The number of nitrogens with one attached hydrogen (secondary N) is 2. The molecule has 0 aliphatic carbocycles. The molecule has 19 heavy (non-hydrogen) atoms. The Balaban J connectivity index is 2.60. The van der Waals surface area contributed by atoms with E-state index in [1.807, 2.05) is 0 Å². The zero-order valence-corrected chi connectivity index (χ0v) is 11.0. The van der Waals surface area contributed by atoms with Gasteiger partial charge in [0.15, 0.2) is 6.10 Å². The molecule has 0 saturated carbocycles. The zero-order valence-electron chi connectivity index (χ0n) is 11.0. The molecule has 1 aromatic carbocycles. The molecule has 1 aromatic rings. The minimum Gasteiger partial charge on any atom is -0.453 e. The molecule has 2 N–H and O–H groups in total. The first-order valence-electron chi connectivity index (χ1n) is 5.74. The Bertz CT molecular complexity index is 482. The molecule has 0 spiro atoms. The van der Waals surface area contributed by atoms with Crippen molar-refractivity contribution in [3.63, 3.8) is 0 Å². The van der Waals surface area contributed by atoms with E-state index in [1.165, 1.54) is 20.8 Å². The van der Waals surface area contributed by atoms with E-state index in [0.29, 0.717) is 11.4 Å². The largest absolute Gasteiger partial charge is 0.453 e. The lowest BCUT2D eigenvalue weighted by atomic mass is 10.2. The number of amides is 2. The van der Waals surface area contributed by atoms with Crippen LogP contribution in [0.15, 0.2) is 24.3 Å². The summed E-state index contributed by atoms with van der Waals surface area (Å²) in [5.41, 5.74) is 1.19. The number of hydrogen-bond donors (Lipinski definition) is 2. The molecule has 0 aliphatic rings. The van der Waals surface area contributed by atoms with Gasteiger partial charge in [0.05, 0.1) is 0 Å². The maximum atomic E-state index is 11.7. The maximum absolute atomic E-state index is 11.7. The van der Waals surface area contributed by atoms with E-state index >= 15 is 0 Å². The standard InChI is InChI=1S/C13H16N2O4/c1-8(19-10(3)17)13(18)15-12-6-4-11(5-7-12)14-9(2)16/h4-8H,1-3H3,(H,14,16)(H,15,18)/t8-/m0/s1. The van der Waals surface area contributed by atoms with Gasteiger partial charge < -0.3 is 15.4 Å². The van der Waals surface area contributed by atoms with Crippen molar-refractivity contribution >= 4 is 29.2 Å². The van der Waals surface area contributed by atoms with Crippen LogP contribution < -0.4 is 10.6 Å². The van der Waals surface area contributed by atoms with Crippen LogP contribution in [0.4, 0.5) is 11.4 Å². The fourth-order valence-electron chi connectivity index (χ4n) is 1.39. The second-order valence-electron chi connectivity index (χ2n) is 4.00. The number of carbonyl (C=O) groups excluding carboxylic acids is 3. The van der Waals surface area contributed by atoms with Crippen molar-refractivity contribution in [2.45, 2.75) is 26.9 Å². The summed E-state index contributed by atoms with van der Waals surface area (Å²) in [6, 6.07) is 6.61. The molecule has 0 saturated heterocycles. The van der Waals surface area contributed by atoms with E-state index in [1.54, 1.807) is 24.3 Å². The number of esters is 1. The van der Waals surface area contributed by atoms with Crippen molar-refractivity contribution in [1.29, 1.82) is 0 Å². The lowest BCUT2D eigenvalue weighted by molar-refractivity contribution is -0.150. The highest BCUT2D eigenvalue weighted by Gasteiger charge is 2.15. The number of anilines is 2. The second kappa shape index (κ2) is 6.53. The van der Waals surface area contributed by atoms with Gasteiger partial charge in [-0.1, -0.05) is 0 Å². The van der Waals surface area contributed by atoms with E-state index in [2.05, 4.69) is 10.6 Å². The lowest BCUT2D eigenvalue weighted by Gasteiger charge is -2.12. The Morgan fingerprint density at radius 2 is 1.47 bits per heavy atom. The van der Waals surface area contributed by atoms with Gasteiger partial charge in [-0.3, -0.25) is 14.4 Å². The molecule has 0 radical (unpaired) electrons. The lowest BCUT2D eigenvalue weighted by Crippen LogP contribution is -2.29. The summed E-state index contributed by atoms with van der Waals surface area (Å²) >= 11 is 0. The molecule has 0 heterocycles. The fourth-order valence-corrected chi connectivity index (χ4v) is 1.39. The Labute approximate surface area is 111 Å². The quantitative estimate of drug-likeness (QED) is 0.808. The summed E-state index contributed by atoms with van der Waals surface area (Å²) in [6.45, 7) is 4.14. The van der Waals surface area contributed by atoms with Gasteiger partial charge in [0.1, 0.15) is 0 Å². The van der Waals surface area contributed by atoms with Gasteiger partial charge in [-0.2, -0.15) is 0 Å². The summed E-state index contributed by atoms with van der Waals surface area (Å²) in [6.07, 6.45) is -0.854. The van der Waals surface area contributed by atoms with Crippen LogP contribution in [0.1, 0.15) is 20.8 Å². The minimum atomic E-state index is -0.854. The van der Waals surface area contributed by atoms with Crippen molar-refractivity contribution in [2.24, 2.45) is 0 Å². The van der Waals surface area contributed by atoms with Crippen LogP contribution in [0.25, 0.3) is 0 Å². The van der Waals surface area contributed by atoms with E-state index in [9.17, 15) is 14.4 Å². The van der Waals surface area contributed by atoms with Crippen LogP contribution in [-0.4, -0.2) is 23.9 Å². The van der Waals surface area contributed by atoms with Crippen molar-refractivity contribution in [2.75, 3.05) is 10.6 Å². The SMILES string of the molecule is CC(=O)Nc1ccc(NC(=O)[C@H](C)OC(C)=O)cc1. The molecular weight excluding hydrogens is 248 g/mol. The molecular formula is C13H16N2O4. The normalized spacial score (nSPS) is 11.3. The van der Waals surface area contributed by atoms with Crippen molar-refractivity contribution in [3.8, 4) is 0 Å². The predicted octanol–water partition coefficient (Wildman–Crippen LogP) is 1.54. The zero-order chi connectivity index (χ0) is 14.4. The third-order valence-corrected chi connectivity index (χ3v) is 2.18. The third-order valence-electron chi connectivity index (χ3n) is 2.18. The van der Waals surface area contributed by atoms with Crippen LogP contribution in [0.2, 0.25) is 0 Å². The van der Waals surface area contributed by atoms with Crippen LogP contribution in [0, 0.1) is 0 Å². The Morgan fingerprint density at radius 1 is 1.00 bits per heavy atom. The highest BCUT2D eigenvalue weighted by atomic mass is 16.5. The molecule has 6 nitrogen and oxygen atoms in total. The minimum absolute atomic E-state index is 0.166. The van der Waals surface area contributed by atoms with Crippen molar-refractivity contribution in [3.05, 3.63) is 24.3 Å². The molecule has 6 heteroatoms. The molecule has 0 bridgehead atoms. The fraction of sp³-hybridized carbons (Fsp3) is 0.308. The monoisotopic (exact) mass is 264 g/mol. The summed E-state index contributed by atoms with van der Waals surface area (Å²) in [5.74, 6) is -1.09. The number of carbonyl (C=O) groups is 3. The predicted molar refractivity (Wildman–Crippen MR) is 70.6 cm³/mol. The van der Waals surface area contributed by atoms with E-state index in [4.69, 9.17) is 4.74 Å². The Hall–Kier alpha value is -2.37. The molecule has 0 aromatic heterocycles. The van der Waals surface area contributed by atoms with Gasteiger partial charge in [0, 0.05) is 25.2 Å². The summed E-state index contributed by atoms with van der Waals surface area (Å²) in [5, 5.41) is 5.21. The smallest absolute Gasteiger partial charge is 0.303 e. The number of rotatable bonds is 4. The van der Waals surface area contributed by atoms with Crippen LogP contribution >= 0.6 is 0 Å². The van der Waals surface area contributed by atoms with Crippen LogP contribution in [0.5, 0.6) is 0 Å². The van der Waals surface area contributed by atoms with Gasteiger partial charge in [-0.25, -0.2) is 0 Å². The second-order valence-corrected chi connectivity index (χ2v) is 4.00. The molecule has 0 unspecified atom stereocenters. The van der Waals surface area contributed by atoms with E-state index in [0.717, 1.165) is 0 Å². The summed E-state index contributed by atoms with van der Waals surface area (Å²) in [4.78, 5) is 33.2. The topological polar surface area (TPSA) is 84.5 Å². The van der Waals surface area contributed by atoms with E-state index in [-0.39, 0.29) is 5.91 Å². The first kappa shape index (κ1) is 14.7. The molecule has 0 aliphatic heterocycles. The van der Waals surface area contributed by atoms with Crippen molar-refractivity contribution in [1.82, 2.24) is 0 Å². The third kappa shape index (κ3) is 5.20. The highest BCUT2D eigenvalue weighted by Crippen LogP contribution is 2.14. The molecule has 0 fully saturated rings. The summed E-state index contributed by atoms with van der Waals surface area (Å²) in [7, 11) is 0. The average molecular weight is 264 g/mol. The van der Waals surface area contributed by atoms with Gasteiger partial charge in [-0.15, -0.1) is 0 Å². The number of benzene rings is 1. The first-order valence-corrected chi connectivity index (χ1v) is 5.74. The first-order chi connectivity index (χ1) is 8.88. The van der Waals surface area contributed by atoms with Gasteiger partial charge in [0.25, 0.3) is 5.91 Å². The average Bonchev–Trinajstić information content (AvgIpc) is 2.30. The molecule has 2 amide bonds. The molecule has 102 valence electrons. The Kier molecular flexibility index (Phi) is 5.05. The van der Waals surface area contributed by atoms with Gasteiger partial charge in [-0.05, 0) is 31.2 Å². The number of hydrogen-bond acceptors (Lipinski definition) is 4. The molecule has 1 rings (SSSR count). The van der Waals surface area contributed by atoms with Crippen LogP contribution in [-0.2, 0) is 19.1 Å². The highest BCUT2D eigenvalue weighted by molar-refractivity contribution is 5.95. The number of ether oxygens (including phenoxy) is 1. The molecule has 1 atom stereocenters. The van der Waals surface area contributed by atoms with Gasteiger partial charge >= 0.3 is 5.97 Å². The maximum Gasteiger partial charge on any atom is 0.303 e. The van der Waals surface area contributed by atoms with Gasteiger partial charge in [0.2, 0.25) is 5.91 Å². The van der Waals surface area contributed by atoms with Crippen LogP contribution in [0.3, 0.4) is 0 Å². The Morgan fingerprint density at radius 3 is 1.89 bits per heavy atom. The van der Waals surface area contributed by atoms with E-state index < -0.39 is 18.0 Å². The summed E-state index contributed by atoms with van der Waals surface area (Å²) < 4.78 is 4.75. The van der Waals surface area contributed by atoms with Crippen molar-refractivity contribution < 1.29 is 19.1 Å².